The van der Waals surface area contributed by atoms with Gasteiger partial charge in [-0.25, -0.2) is 0 Å². The number of benzene rings is 11. The minimum absolute atomic E-state index is 0.180. The fourth-order valence-electron chi connectivity index (χ4n) is 12.9. The molecule has 2 heteroatoms. The fourth-order valence-corrected chi connectivity index (χ4v) is 12.9. The van der Waals surface area contributed by atoms with Gasteiger partial charge in [-0.1, -0.05) is 190 Å². The summed E-state index contributed by atoms with van der Waals surface area (Å²) in [6.45, 7) is 4.74. The smallest absolute Gasteiger partial charge is 0.137 e. The fraction of sp³-hybridized carbons (Fsp3) is 0.0588. The van der Waals surface area contributed by atoms with Gasteiger partial charge in [0.15, 0.2) is 0 Å². The van der Waals surface area contributed by atoms with E-state index in [-0.39, 0.29) is 5.41 Å². The zero-order valence-electron chi connectivity index (χ0n) is 38.9. The van der Waals surface area contributed by atoms with Crippen molar-refractivity contribution < 1.29 is 4.74 Å². The molecule has 0 bridgehead atoms. The van der Waals surface area contributed by atoms with Crippen LogP contribution in [0.15, 0.2) is 237 Å². The van der Waals surface area contributed by atoms with Crippen LogP contribution in [0, 0.1) is 0 Å². The first-order valence-electron chi connectivity index (χ1n) is 24.5. The van der Waals surface area contributed by atoms with Gasteiger partial charge < -0.3 is 9.64 Å². The van der Waals surface area contributed by atoms with E-state index in [0.717, 1.165) is 56.2 Å². The van der Waals surface area contributed by atoms with Gasteiger partial charge in [0.05, 0.1) is 5.41 Å². The number of hydrogen-bond acceptors (Lipinski definition) is 2. The SMILES string of the molecule is CC1(C)c2ccccc2-c2ccc(N(c3ccc4c(c3)Oc3cc5ccccc5cc3-c3cc(-c5ccccc5)ccc3-4)c3ccc4c(c3)C3(c5ccccc5-c5ccccc53)c3ccccc3-4)cc21. The van der Waals surface area contributed by atoms with Gasteiger partial charge in [0, 0.05) is 39.7 Å². The lowest BCUT2D eigenvalue weighted by molar-refractivity contribution is 0.488. The molecule has 0 saturated heterocycles. The summed E-state index contributed by atoms with van der Waals surface area (Å²) < 4.78 is 7.29. The molecule has 1 heterocycles. The molecule has 4 aliphatic rings. The van der Waals surface area contributed by atoms with Crippen molar-refractivity contribution in [2.24, 2.45) is 0 Å². The maximum atomic E-state index is 7.29. The average molecular weight is 892 g/mol. The minimum Gasteiger partial charge on any atom is -0.456 e. The Bertz CT molecular complexity index is 3960. The Balaban J connectivity index is 0.971. The van der Waals surface area contributed by atoms with Gasteiger partial charge in [-0.3, -0.25) is 0 Å². The maximum absolute atomic E-state index is 7.29. The molecule has 0 saturated carbocycles. The summed E-state index contributed by atoms with van der Waals surface area (Å²) in [5.74, 6) is 1.67. The summed E-state index contributed by atoms with van der Waals surface area (Å²) in [4.78, 5) is 2.47. The van der Waals surface area contributed by atoms with Crippen LogP contribution in [-0.4, -0.2) is 0 Å². The third-order valence-electron chi connectivity index (χ3n) is 16.1. The van der Waals surface area contributed by atoms with Crippen molar-refractivity contribution >= 4 is 27.8 Å². The molecule has 1 aliphatic heterocycles. The van der Waals surface area contributed by atoms with E-state index in [0.29, 0.717) is 0 Å². The van der Waals surface area contributed by atoms with Crippen molar-refractivity contribution in [3.63, 3.8) is 0 Å². The van der Waals surface area contributed by atoms with Gasteiger partial charge in [0.25, 0.3) is 0 Å². The molecule has 0 fully saturated rings. The van der Waals surface area contributed by atoms with Crippen molar-refractivity contribution in [2.45, 2.75) is 24.7 Å². The van der Waals surface area contributed by atoms with Crippen molar-refractivity contribution in [3.05, 3.63) is 270 Å². The summed E-state index contributed by atoms with van der Waals surface area (Å²) in [7, 11) is 0. The minimum atomic E-state index is -0.478. The third-order valence-corrected chi connectivity index (χ3v) is 16.1. The van der Waals surface area contributed by atoms with Gasteiger partial charge >= 0.3 is 0 Å². The lowest BCUT2D eigenvalue weighted by Gasteiger charge is -2.32. The molecule has 0 unspecified atom stereocenters. The van der Waals surface area contributed by atoms with Crippen LogP contribution < -0.4 is 9.64 Å². The van der Waals surface area contributed by atoms with Crippen LogP contribution in [0.2, 0.25) is 0 Å². The molecule has 70 heavy (non-hydrogen) atoms. The van der Waals surface area contributed by atoms with Crippen molar-refractivity contribution in [3.8, 4) is 78.3 Å². The Morgan fingerprint density at radius 3 is 1.39 bits per heavy atom. The molecular formula is C68H45NO. The van der Waals surface area contributed by atoms with E-state index in [4.69, 9.17) is 4.74 Å². The summed E-state index contributed by atoms with van der Waals surface area (Å²) in [5.41, 5.74) is 25.2. The Kier molecular flexibility index (Phi) is 8.08. The summed E-state index contributed by atoms with van der Waals surface area (Å²) in [6.07, 6.45) is 0. The summed E-state index contributed by atoms with van der Waals surface area (Å²) >= 11 is 0. The summed E-state index contributed by atoms with van der Waals surface area (Å²) in [5, 5.41) is 2.33. The van der Waals surface area contributed by atoms with Crippen LogP contribution in [0.4, 0.5) is 17.1 Å². The van der Waals surface area contributed by atoms with Crippen molar-refractivity contribution in [2.75, 3.05) is 4.90 Å². The first-order chi connectivity index (χ1) is 34.4. The van der Waals surface area contributed by atoms with Crippen LogP contribution in [0.3, 0.4) is 0 Å². The van der Waals surface area contributed by atoms with Crippen LogP contribution in [0.25, 0.3) is 77.5 Å². The lowest BCUT2D eigenvalue weighted by atomic mass is 9.70. The maximum Gasteiger partial charge on any atom is 0.137 e. The molecule has 1 spiro atoms. The number of rotatable bonds is 4. The van der Waals surface area contributed by atoms with E-state index in [2.05, 4.69) is 255 Å². The number of nitrogens with zero attached hydrogens (tertiary/aromatic N) is 1. The van der Waals surface area contributed by atoms with Crippen molar-refractivity contribution in [1.82, 2.24) is 0 Å². The summed E-state index contributed by atoms with van der Waals surface area (Å²) in [6, 6.07) is 88.0. The van der Waals surface area contributed by atoms with Crippen LogP contribution in [-0.2, 0) is 10.8 Å². The standard InChI is InChI=1S/C68H45NO/c1-67(2)59-24-12-8-20-50(59)54-33-29-46(39-63(54)67)69(47-30-34-55-53-23-11-15-27-62(53)68(64(55)40-47)60-25-13-9-21-51(60)52-22-10-14-26-61(52)68)48-31-35-56-49-32-28-45(42-16-4-3-5-17-42)36-57(49)58-37-43-18-6-7-19-44(43)38-65(58)70-66(56)41-48/h3-41H,1-2H3. The highest BCUT2D eigenvalue weighted by Crippen LogP contribution is 2.64. The number of fused-ring (bicyclic) bond motifs is 19. The predicted molar refractivity (Wildman–Crippen MR) is 289 cm³/mol. The second-order valence-electron chi connectivity index (χ2n) is 20.0. The van der Waals surface area contributed by atoms with Crippen LogP contribution in [0.5, 0.6) is 11.5 Å². The Labute approximate surface area is 408 Å². The predicted octanol–water partition coefficient (Wildman–Crippen LogP) is 18.1. The second kappa shape index (κ2) is 14.4. The molecule has 2 nitrogen and oxygen atoms in total. The monoisotopic (exact) mass is 891 g/mol. The second-order valence-corrected chi connectivity index (χ2v) is 20.0. The van der Waals surface area contributed by atoms with Gasteiger partial charge in [-0.2, -0.15) is 0 Å². The Hall–Kier alpha value is -8.72. The van der Waals surface area contributed by atoms with Crippen LogP contribution in [0.1, 0.15) is 47.2 Å². The molecule has 0 N–H and O–H groups in total. The number of anilines is 3. The number of hydrogen-bond donors (Lipinski definition) is 0. The Morgan fingerprint density at radius 1 is 0.286 bits per heavy atom. The third kappa shape index (κ3) is 5.33. The zero-order valence-corrected chi connectivity index (χ0v) is 38.9. The Morgan fingerprint density at radius 2 is 0.743 bits per heavy atom. The van der Waals surface area contributed by atoms with Crippen LogP contribution >= 0.6 is 0 Å². The van der Waals surface area contributed by atoms with Gasteiger partial charge in [0.1, 0.15) is 11.5 Å². The topological polar surface area (TPSA) is 12.5 Å². The van der Waals surface area contributed by atoms with E-state index in [9.17, 15) is 0 Å². The molecule has 0 aromatic heterocycles. The van der Waals surface area contributed by atoms with E-state index >= 15 is 0 Å². The first kappa shape index (κ1) is 39.3. The largest absolute Gasteiger partial charge is 0.456 e. The molecule has 0 radical (unpaired) electrons. The van der Waals surface area contributed by atoms with Gasteiger partial charge in [-0.15, -0.1) is 0 Å². The van der Waals surface area contributed by atoms with Gasteiger partial charge in [0.2, 0.25) is 0 Å². The van der Waals surface area contributed by atoms with E-state index in [1.54, 1.807) is 0 Å². The molecule has 0 atom stereocenters. The molecule has 11 aromatic rings. The lowest BCUT2D eigenvalue weighted by Crippen LogP contribution is -2.26. The molecule has 0 amide bonds. The van der Waals surface area contributed by atoms with E-state index in [1.165, 1.54) is 83.3 Å². The highest BCUT2D eigenvalue weighted by Gasteiger charge is 2.51. The van der Waals surface area contributed by atoms with Gasteiger partial charge in [-0.05, 0) is 154 Å². The average Bonchev–Trinajstić information content (AvgIpc) is 3.93. The zero-order chi connectivity index (χ0) is 46.3. The highest BCUT2D eigenvalue weighted by molar-refractivity contribution is 6.00. The first-order valence-corrected chi connectivity index (χ1v) is 24.5. The highest BCUT2D eigenvalue weighted by atomic mass is 16.5. The van der Waals surface area contributed by atoms with Crippen molar-refractivity contribution in [1.29, 1.82) is 0 Å². The molecule has 15 rings (SSSR count). The molecule has 3 aliphatic carbocycles. The molecular weight excluding hydrogens is 847 g/mol. The molecule has 328 valence electrons. The normalized spacial score (nSPS) is 14.2. The quantitative estimate of drug-likeness (QED) is 0.175. The molecule has 11 aromatic carbocycles. The van der Waals surface area contributed by atoms with E-state index in [1.807, 2.05) is 0 Å². The van der Waals surface area contributed by atoms with E-state index < -0.39 is 5.41 Å². The number of ether oxygens (including phenoxy) is 1.